The minimum Gasteiger partial charge on any atom is -0.497 e. The van der Waals surface area contributed by atoms with Crippen molar-refractivity contribution >= 4 is 17.2 Å². The first-order valence-electron chi connectivity index (χ1n) is 9.95. The van der Waals surface area contributed by atoms with Crippen molar-refractivity contribution in [2.75, 3.05) is 26.7 Å². The minimum atomic E-state index is 0.0174. The number of piperidine rings is 1. The summed E-state index contributed by atoms with van der Waals surface area (Å²) in [7, 11) is 1.66. The van der Waals surface area contributed by atoms with E-state index >= 15 is 0 Å². The Bertz CT molecular complexity index is 808. The molecule has 0 spiro atoms. The summed E-state index contributed by atoms with van der Waals surface area (Å²) >= 11 is 1.75. The van der Waals surface area contributed by atoms with Crippen molar-refractivity contribution in [1.29, 1.82) is 0 Å². The molecule has 0 aliphatic carbocycles. The maximum absolute atomic E-state index is 12.2. The number of carbonyl (C=O) groups excluding carboxylic acids is 1. The molecule has 6 heteroatoms. The highest BCUT2D eigenvalue weighted by Crippen LogP contribution is 2.33. The second-order valence-corrected chi connectivity index (χ2v) is 8.58. The van der Waals surface area contributed by atoms with Gasteiger partial charge < -0.3 is 14.4 Å². The van der Waals surface area contributed by atoms with E-state index in [0.29, 0.717) is 19.0 Å². The highest BCUT2D eigenvalue weighted by Gasteiger charge is 2.33. The standard InChI is InChI=1S/C22H28N2O3S/c1-16(25)24-13-19-10-20(26-2)5-6-21(19)27-22(14-24)18-4-3-8-23(12-18)11-17-7-9-28-15-17/h5-7,9-10,15,18,22H,3-4,8,11-14H2,1-2H3/t18-,22-/m0/s1. The summed E-state index contributed by atoms with van der Waals surface area (Å²) in [6.45, 7) is 6.00. The Balaban J connectivity index is 1.52. The molecule has 1 saturated heterocycles. The van der Waals surface area contributed by atoms with E-state index in [2.05, 4.69) is 21.7 Å². The Morgan fingerprint density at radius 1 is 1.32 bits per heavy atom. The molecule has 0 bridgehead atoms. The average Bonchev–Trinajstić information content (AvgIpc) is 3.12. The number of methoxy groups -OCH3 is 1. The van der Waals surface area contributed by atoms with Gasteiger partial charge in [0.25, 0.3) is 0 Å². The number of hydrogen-bond acceptors (Lipinski definition) is 5. The molecule has 3 heterocycles. The molecule has 28 heavy (non-hydrogen) atoms. The van der Waals surface area contributed by atoms with Crippen LogP contribution in [0.15, 0.2) is 35.0 Å². The summed E-state index contributed by atoms with van der Waals surface area (Å²) in [6, 6.07) is 8.11. The van der Waals surface area contributed by atoms with Gasteiger partial charge in [0.2, 0.25) is 5.91 Å². The van der Waals surface area contributed by atoms with E-state index in [4.69, 9.17) is 9.47 Å². The first-order chi connectivity index (χ1) is 13.6. The Morgan fingerprint density at radius 3 is 2.96 bits per heavy atom. The molecule has 150 valence electrons. The minimum absolute atomic E-state index is 0.0174. The van der Waals surface area contributed by atoms with E-state index < -0.39 is 0 Å². The number of hydrogen-bond donors (Lipinski definition) is 0. The van der Waals surface area contributed by atoms with Crippen LogP contribution in [-0.2, 0) is 17.9 Å². The van der Waals surface area contributed by atoms with Crippen LogP contribution in [0.1, 0.15) is 30.9 Å². The third kappa shape index (κ3) is 4.33. The van der Waals surface area contributed by atoms with E-state index in [1.165, 1.54) is 12.0 Å². The maximum Gasteiger partial charge on any atom is 0.219 e. The molecule has 1 amide bonds. The zero-order valence-corrected chi connectivity index (χ0v) is 17.4. The van der Waals surface area contributed by atoms with Crippen LogP contribution in [-0.4, -0.2) is 48.6 Å². The summed E-state index contributed by atoms with van der Waals surface area (Å²) in [6.07, 6.45) is 2.33. The van der Waals surface area contributed by atoms with Crippen LogP contribution in [0.5, 0.6) is 11.5 Å². The molecule has 1 aromatic carbocycles. The molecule has 0 saturated carbocycles. The van der Waals surface area contributed by atoms with E-state index in [-0.39, 0.29) is 12.0 Å². The Kier molecular flexibility index (Phi) is 5.87. The fraction of sp³-hybridized carbons (Fsp3) is 0.500. The maximum atomic E-state index is 12.2. The molecular weight excluding hydrogens is 372 g/mol. The smallest absolute Gasteiger partial charge is 0.219 e. The topological polar surface area (TPSA) is 42.0 Å². The first kappa shape index (κ1) is 19.3. The van der Waals surface area contributed by atoms with Crippen LogP contribution >= 0.6 is 11.3 Å². The van der Waals surface area contributed by atoms with Crippen LogP contribution in [0.25, 0.3) is 0 Å². The number of ether oxygens (including phenoxy) is 2. The molecule has 4 rings (SSSR count). The lowest BCUT2D eigenvalue weighted by molar-refractivity contribution is -0.130. The van der Waals surface area contributed by atoms with Gasteiger partial charge in [-0.05, 0) is 60.0 Å². The van der Waals surface area contributed by atoms with Crippen LogP contribution in [0, 0.1) is 5.92 Å². The molecule has 0 radical (unpaired) electrons. The highest BCUT2D eigenvalue weighted by atomic mass is 32.1. The first-order valence-corrected chi connectivity index (χ1v) is 10.9. The number of fused-ring (bicyclic) bond motifs is 1. The van der Waals surface area contributed by atoms with Crippen molar-refractivity contribution in [2.24, 2.45) is 5.92 Å². The molecule has 0 N–H and O–H groups in total. The molecule has 2 aliphatic rings. The van der Waals surface area contributed by atoms with Gasteiger partial charge in [-0.15, -0.1) is 0 Å². The average molecular weight is 401 g/mol. The number of carbonyl (C=O) groups is 1. The predicted molar refractivity (Wildman–Crippen MR) is 111 cm³/mol. The van der Waals surface area contributed by atoms with Gasteiger partial charge in [-0.25, -0.2) is 0 Å². The SMILES string of the molecule is COc1ccc2c(c1)CN(C(C)=O)C[C@@H]([C@H]1CCCN(Cc3ccsc3)C1)O2. The van der Waals surface area contributed by atoms with Crippen LogP contribution in [0.2, 0.25) is 0 Å². The summed E-state index contributed by atoms with van der Waals surface area (Å²) in [5.74, 6) is 2.19. The largest absolute Gasteiger partial charge is 0.497 e. The van der Waals surface area contributed by atoms with E-state index in [0.717, 1.165) is 43.1 Å². The Morgan fingerprint density at radius 2 is 2.21 bits per heavy atom. The monoisotopic (exact) mass is 400 g/mol. The van der Waals surface area contributed by atoms with Gasteiger partial charge in [0, 0.05) is 38.0 Å². The number of likely N-dealkylation sites (tertiary alicyclic amines) is 1. The lowest BCUT2D eigenvalue weighted by Crippen LogP contribution is -2.46. The van der Waals surface area contributed by atoms with Crippen molar-refractivity contribution in [3.63, 3.8) is 0 Å². The van der Waals surface area contributed by atoms with Gasteiger partial charge in [0.1, 0.15) is 17.6 Å². The molecular formula is C22H28N2O3S. The van der Waals surface area contributed by atoms with Crippen LogP contribution in [0.3, 0.4) is 0 Å². The Labute approximate surface area is 170 Å². The van der Waals surface area contributed by atoms with E-state index in [1.807, 2.05) is 23.1 Å². The molecule has 5 nitrogen and oxygen atoms in total. The van der Waals surface area contributed by atoms with Gasteiger partial charge in [0.15, 0.2) is 0 Å². The quantitative estimate of drug-likeness (QED) is 0.783. The molecule has 0 unspecified atom stereocenters. The van der Waals surface area contributed by atoms with E-state index in [9.17, 15) is 4.79 Å². The number of amides is 1. The van der Waals surface area contributed by atoms with Gasteiger partial charge in [-0.1, -0.05) is 0 Å². The van der Waals surface area contributed by atoms with Crippen molar-refractivity contribution in [3.05, 3.63) is 46.2 Å². The molecule has 2 aromatic rings. The third-order valence-electron chi connectivity index (χ3n) is 5.81. The van der Waals surface area contributed by atoms with Gasteiger partial charge in [0.05, 0.1) is 13.7 Å². The van der Waals surface area contributed by atoms with Crippen LogP contribution < -0.4 is 9.47 Å². The fourth-order valence-electron chi connectivity index (χ4n) is 4.27. The predicted octanol–water partition coefficient (Wildman–Crippen LogP) is 3.78. The number of thiophene rings is 1. The number of benzene rings is 1. The van der Waals surface area contributed by atoms with Crippen molar-refractivity contribution < 1.29 is 14.3 Å². The molecule has 1 aromatic heterocycles. The van der Waals surface area contributed by atoms with Crippen molar-refractivity contribution in [2.45, 2.75) is 39.0 Å². The zero-order chi connectivity index (χ0) is 19.5. The van der Waals surface area contributed by atoms with E-state index in [1.54, 1.807) is 25.4 Å². The summed E-state index contributed by atoms with van der Waals surface area (Å²) < 4.78 is 11.8. The number of rotatable bonds is 4. The lowest BCUT2D eigenvalue weighted by atomic mass is 9.91. The second kappa shape index (κ2) is 8.53. The van der Waals surface area contributed by atoms with Crippen LogP contribution in [0.4, 0.5) is 0 Å². The Hall–Kier alpha value is -2.05. The third-order valence-corrected chi connectivity index (χ3v) is 6.54. The lowest BCUT2D eigenvalue weighted by Gasteiger charge is -2.37. The molecule has 1 fully saturated rings. The van der Waals surface area contributed by atoms with Gasteiger partial charge in [-0.3, -0.25) is 9.69 Å². The van der Waals surface area contributed by atoms with Crippen molar-refractivity contribution in [3.8, 4) is 11.5 Å². The van der Waals surface area contributed by atoms with Gasteiger partial charge in [-0.2, -0.15) is 11.3 Å². The second-order valence-electron chi connectivity index (χ2n) is 7.80. The summed E-state index contributed by atoms with van der Waals surface area (Å²) in [4.78, 5) is 16.7. The van der Waals surface area contributed by atoms with Crippen molar-refractivity contribution in [1.82, 2.24) is 9.80 Å². The normalized spacial score (nSPS) is 22.9. The molecule has 2 aliphatic heterocycles. The number of nitrogens with zero attached hydrogens (tertiary/aromatic N) is 2. The summed E-state index contributed by atoms with van der Waals surface area (Å²) in [5, 5.41) is 4.37. The van der Waals surface area contributed by atoms with Gasteiger partial charge >= 0.3 is 0 Å². The fourth-order valence-corrected chi connectivity index (χ4v) is 4.93. The highest BCUT2D eigenvalue weighted by molar-refractivity contribution is 7.07. The molecule has 2 atom stereocenters. The summed E-state index contributed by atoms with van der Waals surface area (Å²) in [5.41, 5.74) is 2.40. The zero-order valence-electron chi connectivity index (χ0n) is 16.6.